The molecule has 0 spiro atoms. The molecule has 1 fully saturated rings. The molecule has 0 aromatic carbocycles. The zero-order valence-corrected chi connectivity index (χ0v) is 8.77. The van der Waals surface area contributed by atoms with Gasteiger partial charge in [-0.1, -0.05) is 6.92 Å². The minimum Gasteiger partial charge on any atom is -0.311 e. The van der Waals surface area contributed by atoms with Crippen LogP contribution in [-0.2, 0) is 0 Å². The Bertz CT molecular complexity index is 282. The summed E-state index contributed by atoms with van der Waals surface area (Å²) in [6, 6.07) is 1.24. The van der Waals surface area contributed by atoms with Crippen LogP contribution in [-0.4, -0.2) is 22.1 Å². The van der Waals surface area contributed by atoms with Crippen molar-refractivity contribution in [1.29, 1.82) is 0 Å². The summed E-state index contributed by atoms with van der Waals surface area (Å²) >= 11 is 0. The molecule has 14 heavy (non-hydrogen) atoms. The molecule has 2 rings (SSSR count). The molecule has 1 aromatic rings. The van der Waals surface area contributed by atoms with Crippen LogP contribution in [0.2, 0.25) is 0 Å². The van der Waals surface area contributed by atoms with Crippen LogP contribution < -0.4 is 5.32 Å². The van der Waals surface area contributed by atoms with Gasteiger partial charge in [-0.2, -0.15) is 0 Å². The van der Waals surface area contributed by atoms with E-state index >= 15 is 0 Å². The van der Waals surface area contributed by atoms with E-state index in [9.17, 15) is 0 Å². The first kappa shape index (κ1) is 9.59. The average molecular weight is 191 g/mol. The normalized spacial score (nSPS) is 20.4. The number of nitrogens with zero attached hydrogens (tertiary/aromatic N) is 2. The van der Waals surface area contributed by atoms with Crippen LogP contribution in [0.1, 0.15) is 38.3 Å². The fourth-order valence-electron chi connectivity index (χ4n) is 1.57. The van der Waals surface area contributed by atoms with Crippen molar-refractivity contribution in [2.75, 3.05) is 0 Å². The Morgan fingerprint density at radius 2 is 2.14 bits per heavy atom. The Hall–Kier alpha value is -0.960. The van der Waals surface area contributed by atoms with E-state index in [0.29, 0.717) is 12.0 Å². The first-order valence-electron chi connectivity index (χ1n) is 5.29. The highest BCUT2D eigenvalue weighted by atomic mass is 15.0. The summed E-state index contributed by atoms with van der Waals surface area (Å²) in [7, 11) is 0. The van der Waals surface area contributed by atoms with Crippen LogP contribution in [0.15, 0.2) is 18.6 Å². The van der Waals surface area contributed by atoms with Crippen LogP contribution in [0.3, 0.4) is 0 Å². The lowest BCUT2D eigenvalue weighted by atomic mass is 10.0. The quantitative estimate of drug-likeness (QED) is 0.787. The summed E-state index contributed by atoms with van der Waals surface area (Å²) in [5.74, 6) is 0.435. The standard InChI is InChI=1S/C11H17N3/c1-8(9(2)14-10-3-4-10)11-7-12-5-6-13-11/h5-10,14H,3-4H2,1-2H3. The number of nitrogens with one attached hydrogen (secondary N) is 1. The van der Waals surface area contributed by atoms with Gasteiger partial charge in [0.2, 0.25) is 0 Å². The van der Waals surface area contributed by atoms with Gasteiger partial charge in [0.05, 0.1) is 5.69 Å². The predicted octanol–water partition coefficient (Wildman–Crippen LogP) is 1.72. The SMILES string of the molecule is CC(NC1CC1)C(C)c1cnccn1. The molecule has 1 N–H and O–H groups in total. The zero-order chi connectivity index (χ0) is 9.97. The fourth-order valence-corrected chi connectivity index (χ4v) is 1.57. The van der Waals surface area contributed by atoms with E-state index in [-0.39, 0.29) is 0 Å². The van der Waals surface area contributed by atoms with E-state index in [1.165, 1.54) is 12.8 Å². The first-order chi connectivity index (χ1) is 6.77. The number of hydrogen-bond acceptors (Lipinski definition) is 3. The van der Waals surface area contributed by atoms with E-state index in [1.54, 1.807) is 12.4 Å². The molecule has 0 radical (unpaired) electrons. The van der Waals surface area contributed by atoms with Gasteiger partial charge >= 0.3 is 0 Å². The number of hydrogen-bond donors (Lipinski definition) is 1. The molecule has 3 nitrogen and oxygen atoms in total. The molecule has 1 saturated carbocycles. The molecule has 1 aliphatic carbocycles. The first-order valence-corrected chi connectivity index (χ1v) is 5.29. The molecule has 2 unspecified atom stereocenters. The van der Waals surface area contributed by atoms with Gasteiger partial charge in [-0.15, -0.1) is 0 Å². The fraction of sp³-hybridized carbons (Fsp3) is 0.636. The van der Waals surface area contributed by atoms with Crippen LogP contribution in [0.5, 0.6) is 0 Å². The number of rotatable bonds is 4. The van der Waals surface area contributed by atoms with Gasteiger partial charge in [-0.25, -0.2) is 0 Å². The van der Waals surface area contributed by atoms with Crippen molar-refractivity contribution >= 4 is 0 Å². The summed E-state index contributed by atoms with van der Waals surface area (Å²) in [6.45, 7) is 4.42. The van der Waals surface area contributed by atoms with E-state index in [2.05, 4.69) is 29.1 Å². The van der Waals surface area contributed by atoms with Crippen LogP contribution in [0.4, 0.5) is 0 Å². The lowest BCUT2D eigenvalue weighted by Gasteiger charge is -2.20. The summed E-state index contributed by atoms with van der Waals surface area (Å²) < 4.78 is 0. The van der Waals surface area contributed by atoms with Gasteiger partial charge in [-0.3, -0.25) is 9.97 Å². The molecule has 2 atom stereocenters. The van der Waals surface area contributed by atoms with Crippen LogP contribution in [0, 0.1) is 0 Å². The van der Waals surface area contributed by atoms with Crippen molar-refractivity contribution in [3.8, 4) is 0 Å². The van der Waals surface area contributed by atoms with E-state index < -0.39 is 0 Å². The molecule has 0 amide bonds. The monoisotopic (exact) mass is 191 g/mol. The second-order valence-electron chi connectivity index (χ2n) is 4.15. The van der Waals surface area contributed by atoms with E-state index in [4.69, 9.17) is 0 Å². The second kappa shape index (κ2) is 4.05. The molecule has 0 bridgehead atoms. The van der Waals surface area contributed by atoms with E-state index in [0.717, 1.165) is 11.7 Å². The van der Waals surface area contributed by atoms with Gasteiger partial charge in [0, 0.05) is 36.6 Å². The predicted molar refractivity (Wildman–Crippen MR) is 56.1 cm³/mol. The van der Waals surface area contributed by atoms with Crippen molar-refractivity contribution in [3.05, 3.63) is 24.3 Å². The maximum atomic E-state index is 4.32. The molecule has 1 heterocycles. The third-order valence-corrected chi connectivity index (χ3v) is 2.88. The third kappa shape index (κ3) is 2.29. The highest BCUT2D eigenvalue weighted by Gasteiger charge is 2.25. The minimum absolute atomic E-state index is 0.435. The summed E-state index contributed by atoms with van der Waals surface area (Å²) in [4.78, 5) is 8.42. The molecular weight excluding hydrogens is 174 g/mol. The topological polar surface area (TPSA) is 37.8 Å². The van der Waals surface area contributed by atoms with Gasteiger partial charge in [0.15, 0.2) is 0 Å². The van der Waals surface area contributed by atoms with Crippen LogP contribution in [0.25, 0.3) is 0 Å². The molecule has 76 valence electrons. The number of aromatic nitrogens is 2. The zero-order valence-electron chi connectivity index (χ0n) is 8.77. The summed E-state index contributed by atoms with van der Waals surface area (Å²) in [5, 5.41) is 3.58. The van der Waals surface area contributed by atoms with Crippen molar-refractivity contribution in [2.24, 2.45) is 0 Å². The van der Waals surface area contributed by atoms with Gasteiger partial charge < -0.3 is 5.32 Å². The smallest absolute Gasteiger partial charge is 0.0630 e. The molecular formula is C11H17N3. The maximum Gasteiger partial charge on any atom is 0.0630 e. The summed E-state index contributed by atoms with van der Waals surface area (Å²) in [6.07, 6.45) is 8.00. The Morgan fingerprint density at radius 1 is 1.36 bits per heavy atom. The van der Waals surface area contributed by atoms with Crippen molar-refractivity contribution in [1.82, 2.24) is 15.3 Å². The molecule has 1 aliphatic rings. The highest BCUT2D eigenvalue weighted by Crippen LogP contribution is 2.23. The largest absolute Gasteiger partial charge is 0.311 e. The maximum absolute atomic E-state index is 4.32. The Morgan fingerprint density at radius 3 is 2.71 bits per heavy atom. The molecule has 1 aromatic heterocycles. The minimum atomic E-state index is 0.435. The van der Waals surface area contributed by atoms with Gasteiger partial charge in [-0.05, 0) is 19.8 Å². The lowest BCUT2D eigenvalue weighted by molar-refractivity contribution is 0.471. The van der Waals surface area contributed by atoms with Crippen molar-refractivity contribution in [2.45, 2.75) is 44.7 Å². The Labute approximate surface area is 85.0 Å². The van der Waals surface area contributed by atoms with Crippen molar-refractivity contribution in [3.63, 3.8) is 0 Å². The van der Waals surface area contributed by atoms with E-state index in [1.807, 2.05) is 6.20 Å². The Balaban J connectivity index is 1.96. The molecule has 3 heteroatoms. The van der Waals surface area contributed by atoms with Gasteiger partial charge in [0.1, 0.15) is 0 Å². The van der Waals surface area contributed by atoms with Crippen LogP contribution >= 0.6 is 0 Å². The third-order valence-electron chi connectivity index (χ3n) is 2.88. The van der Waals surface area contributed by atoms with Gasteiger partial charge in [0.25, 0.3) is 0 Å². The molecule has 0 saturated heterocycles. The molecule has 0 aliphatic heterocycles. The lowest BCUT2D eigenvalue weighted by Crippen LogP contribution is -2.32. The summed E-state index contributed by atoms with van der Waals surface area (Å²) in [5.41, 5.74) is 1.08. The highest BCUT2D eigenvalue weighted by molar-refractivity contribution is 5.05. The Kier molecular flexibility index (Phi) is 2.77. The second-order valence-corrected chi connectivity index (χ2v) is 4.15. The average Bonchev–Trinajstić information content (AvgIpc) is 3.02. The van der Waals surface area contributed by atoms with Crippen molar-refractivity contribution < 1.29 is 0 Å².